The van der Waals surface area contributed by atoms with E-state index >= 15 is 0 Å². The number of hydrogen-bond donors (Lipinski definition) is 0. The second kappa shape index (κ2) is 5.52. The maximum atomic E-state index is 11.7. The minimum absolute atomic E-state index is 0.300. The van der Waals surface area contributed by atoms with Crippen LogP contribution in [0.15, 0.2) is 36.9 Å². The van der Waals surface area contributed by atoms with E-state index in [1.54, 1.807) is 0 Å². The number of rotatable bonds is 2. The van der Waals surface area contributed by atoms with Crippen LogP contribution >= 0.6 is 0 Å². The Hall–Kier alpha value is -2.43. The number of carbonyl (C=O) groups excluding carboxylic acids is 1. The van der Waals surface area contributed by atoms with Gasteiger partial charge in [-0.2, -0.15) is 0 Å². The van der Waals surface area contributed by atoms with Crippen LogP contribution in [-0.4, -0.2) is 29.6 Å². The van der Waals surface area contributed by atoms with Gasteiger partial charge in [0.05, 0.1) is 30.8 Å². The van der Waals surface area contributed by atoms with Crippen LogP contribution in [0.5, 0.6) is 0 Å². The molecule has 1 atom stereocenters. The van der Waals surface area contributed by atoms with Crippen molar-refractivity contribution in [1.82, 2.24) is 9.97 Å². The zero-order chi connectivity index (χ0) is 14.8. The Balaban J connectivity index is 1.94. The third kappa shape index (κ3) is 2.59. The van der Waals surface area contributed by atoms with Gasteiger partial charge in [0.25, 0.3) is 0 Å². The van der Waals surface area contributed by atoms with Gasteiger partial charge in [-0.1, -0.05) is 13.0 Å². The topological polar surface area (TPSA) is 55.3 Å². The highest BCUT2D eigenvalue weighted by Crippen LogP contribution is 2.31. The molecule has 0 N–H and O–H groups in total. The number of aromatic nitrogens is 2. The fourth-order valence-corrected chi connectivity index (χ4v) is 2.82. The summed E-state index contributed by atoms with van der Waals surface area (Å²) < 4.78 is 4.79. The Bertz CT molecular complexity index is 658. The minimum Gasteiger partial charge on any atom is -0.465 e. The van der Waals surface area contributed by atoms with Gasteiger partial charge in [0.1, 0.15) is 6.33 Å². The van der Waals surface area contributed by atoms with E-state index in [4.69, 9.17) is 4.74 Å². The normalized spacial score (nSPS) is 17.2. The standard InChI is InChI=1S/C16H17N3O2/c1-11-8-19(14-6-17-10-18-7-14)9-13-5-12(16(20)21-2)3-4-15(11)13/h3-7,10-11H,8-9H2,1-2H3. The summed E-state index contributed by atoms with van der Waals surface area (Å²) in [6.07, 6.45) is 5.16. The van der Waals surface area contributed by atoms with Crippen molar-refractivity contribution < 1.29 is 9.53 Å². The van der Waals surface area contributed by atoms with E-state index in [-0.39, 0.29) is 5.97 Å². The Morgan fingerprint density at radius 3 is 2.81 bits per heavy atom. The van der Waals surface area contributed by atoms with E-state index in [1.165, 1.54) is 19.0 Å². The van der Waals surface area contributed by atoms with Crippen molar-refractivity contribution in [1.29, 1.82) is 0 Å². The molecule has 0 aliphatic carbocycles. The summed E-state index contributed by atoms with van der Waals surface area (Å²) in [6.45, 7) is 3.85. The number of nitrogens with zero attached hydrogens (tertiary/aromatic N) is 3. The molecule has 0 spiro atoms. The van der Waals surface area contributed by atoms with Gasteiger partial charge in [-0.25, -0.2) is 14.8 Å². The van der Waals surface area contributed by atoms with Crippen LogP contribution < -0.4 is 4.90 Å². The molecule has 2 aromatic rings. The number of fused-ring (bicyclic) bond motifs is 1. The number of hydrogen-bond acceptors (Lipinski definition) is 5. The first kappa shape index (κ1) is 13.5. The summed E-state index contributed by atoms with van der Waals surface area (Å²) >= 11 is 0. The van der Waals surface area contributed by atoms with Crippen molar-refractivity contribution in [2.24, 2.45) is 0 Å². The molecule has 0 bridgehead atoms. The Morgan fingerprint density at radius 1 is 1.33 bits per heavy atom. The number of methoxy groups -OCH3 is 1. The number of carbonyl (C=O) groups is 1. The number of anilines is 1. The lowest BCUT2D eigenvalue weighted by Gasteiger charge is -2.34. The first-order valence-electron chi connectivity index (χ1n) is 6.90. The van der Waals surface area contributed by atoms with Crippen molar-refractivity contribution in [2.75, 3.05) is 18.6 Å². The molecule has 5 heteroatoms. The Kier molecular flexibility index (Phi) is 3.56. The lowest BCUT2D eigenvalue weighted by atomic mass is 9.89. The minimum atomic E-state index is -0.300. The lowest BCUT2D eigenvalue weighted by Crippen LogP contribution is -2.33. The Morgan fingerprint density at radius 2 is 2.10 bits per heavy atom. The van der Waals surface area contributed by atoms with Crippen molar-refractivity contribution in [2.45, 2.75) is 19.4 Å². The van der Waals surface area contributed by atoms with Crippen LogP contribution in [0.1, 0.15) is 34.3 Å². The first-order chi connectivity index (χ1) is 10.2. The predicted octanol–water partition coefficient (Wildman–Crippen LogP) is 2.39. The maximum Gasteiger partial charge on any atom is 0.337 e. The highest BCUT2D eigenvalue weighted by Gasteiger charge is 2.23. The van der Waals surface area contributed by atoms with Crippen molar-refractivity contribution >= 4 is 11.7 Å². The zero-order valence-electron chi connectivity index (χ0n) is 12.1. The highest BCUT2D eigenvalue weighted by molar-refractivity contribution is 5.89. The highest BCUT2D eigenvalue weighted by atomic mass is 16.5. The van der Waals surface area contributed by atoms with Gasteiger partial charge in [-0.05, 0) is 29.2 Å². The van der Waals surface area contributed by atoms with Gasteiger partial charge >= 0.3 is 5.97 Å². The van der Waals surface area contributed by atoms with Gasteiger partial charge in [0.15, 0.2) is 0 Å². The average molecular weight is 283 g/mol. The van der Waals surface area contributed by atoms with Crippen molar-refractivity contribution in [3.8, 4) is 0 Å². The number of esters is 1. The van der Waals surface area contributed by atoms with Gasteiger partial charge < -0.3 is 9.64 Å². The summed E-state index contributed by atoms with van der Waals surface area (Å²) in [7, 11) is 1.40. The molecule has 0 fully saturated rings. The second-order valence-corrected chi connectivity index (χ2v) is 5.28. The van der Waals surface area contributed by atoms with Crippen LogP contribution in [0.3, 0.4) is 0 Å². The molecular formula is C16H17N3O2. The zero-order valence-corrected chi connectivity index (χ0v) is 12.1. The summed E-state index contributed by atoms with van der Waals surface area (Å²) in [4.78, 5) is 22.1. The van der Waals surface area contributed by atoms with E-state index in [0.29, 0.717) is 11.5 Å². The Labute approximate surface area is 123 Å². The molecule has 3 rings (SSSR count). The molecular weight excluding hydrogens is 266 g/mol. The summed E-state index contributed by atoms with van der Waals surface area (Å²) in [5.74, 6) is 0.0891. The van der Waals surface area contributed by atoms with Crippen LogP contribution in [0.4, 0.5) is 5.69 Å². The molecule has 1 aliphatic heterocycles. The molecule has 5 nitrogen and oxygen atoms in total. The van der Waals surface area contributed by atoms with E-state index in [2.05, 4.69) is 21.8 Å². The molecule has 0 saturated carbocycles. The van der Waals surface area contributed by atoms with Crippen molar-refractivity contribution in [3.05, 3.63) is 53.6 Å². The summed E-state index contributed by atoms with van der Waals surface area (Å²) in [6, 6.07) is 5.79. The largest absolute Gasteiger partial charge is 0.465 e. The van der Waals surface area contributed by atoms with Gasteiger partial charge in [-0.15, -0.1) is 0 Å². The molecule has 1 aliphatic rings. The maximum absolute atomic E-state index is 11.7. The molecule has 0 amide bonds. The molecule has 2 heterocycles. The van der Waals surface area contributed by atoms with Crippen LogP contribution in [0.2, 0.25) is 0 Å². The lowest BCUT2D eigenvalue weighted by molar-refractivity contribution is 0.0600. The first-order valence-corrected chi connectivity index (χ1v) is 6.90. The smallest absolute Gasteiger partial charge is 0.337 e. The molecule has 1 aromatic heterocycles. The van der Waals surface area contributed by atoms with Crippen LogP contribution in [0, 0.1) is 0 Å². The van der Waals surface area contributed by atoms with E-state index in [9.17, 15) is 4.79 Å². The third-order valence-corrected chi connectivity index (χ3v) is 3.86. The fourth-order valence-electron chi connectivity index (χ4n) is 2.82. The van der Waals surface area contributed by atoms with E-state index < -0.39 is 0 Å². The van der Waals surface area contributed by atoms with Crippen molar-refractivity contribution in [3.63, 3.8) is 0 Å². The molecule has 108 valence electrons. The van der Waals surface area contributed by atoms with Crippen LogP contribution in [0.25, 0.3) is 0 Å². The van der Waals surface area contributed by atoms with Gasteiger partial charge in [0.2, 0.25) is 0 Å². The molecule has 1 aromatic carbocycles. The van der Waals surface area contributed by atoms with Crippen LogP contribution in [-0.2, 0) is 11.3 Å². The average Bonchev–Trinajstić information content (AvgIpc) is 2.54. The molecule has 21 heavy (non-hydrogen) atoms. The van der Waals surface area contributed by atoms with E-state index in [0.717, 1.165) is 24.3 Å². The SMILES string of the molecule is COC(=O)c1ccc2c(c1)CN(c1cncnc1)CC2C. The predicted molar refractivity (Wildman–Crippen MR) is 79.3 cm³/mol. The summed E-state index contributed by atoms with van der Waals surface area (Å²) in [5, 5.41) is 0. The third-order valence-electron chi connectivity index (χ3n) is 3.86. The quantitative estimate of drug-likeness (QED) is 0.792. The summed E-state index contributed by atoms with van der Waals surface area (Å²) in [5.41, 5.74) is 4.03. The van der Waals surface area contributed by atoms with Gasteiger partial charge in [0, 0.05) is 13.1 Å². The molecule has 0 saturated heterocycles. The van der Waals surface area contributed by atoms with Gasteiger partial charge in [-0.3, -0.25) is 0 Å². The fraction of sp³-hybridized carbons (Fsp3) is 0.312. The number of benzene rings is 1. The second-order valence-electron chi connectivity index (χ2n) is 5.28. The van der Waals surface area contributed by atoms with E-state index in [1.807, 2.05) is 30.6 Å². The molecule has 0 radical (unpaired) electrons. The monoisotopic (exact) mass is 283 g/mol. The number of ether oxygens (including phenoxy) is 1. The molecule has 1 unspecified atom stereocenters.